The number of aryl methyl sites for hydroxylation is 1. The molecule has 184 valence electrons. The number of fused-ring (bicyclic) bond motifs is 1. The highest BCUT2D eigenvalue weighted by atomic mass is 31.2. The number of piperidine rings is 1. The van der Waals surface area contributed by atoms with Crippen molar-refractivity contribution in [2.75, 3.05) is 50.2 Å². The van der Waals surface area contributed by atoms with E-state index in [1.165, 1.54) is 0 Å². The second kappa shape index (κ2) is 9.59. The van der Waals surface area contributed by atoms with Gasteiger partial charge in [0.05, 0.1) is 0 Å². The number of nitrogens with zero attached hydrogens (tertiary/aromatic N) is 5. The van der Waals surface area contributed by atoms with E-state index in [2.05, 4.69) is 45.1 Å². The molecule has 1 saturated heterocycles. The lowest BCUT2D eigenvalue weighted by atomic mass is 10.1. The summed E-state index contributed by atoms with van der Waals surface area (Å²) in [6, 6.07) is 11.8. The molecule has 1 N–H and O–H groups in total. The predicted molar refractivity (Wildman–Crippen MR) is 142 cm³/mol. The molecular weight excluding hydrogens is 459 g/mol. The molecular formula is C26H33N6O2P. The molecule has 0 radical (unpaired) electrons. The van der Waals surface area contributed by atoms with Gasteiger partial charge in [-0.2, -0.15) is 4.98 Å². The highest BCUT2D eigenvalue weighted by molar-refractivity contribution is 7.69. The van der Waals surface area contributed by atoms with E-state index in [9.17, 15) is 4.57 Å². The first-order valence-electron chi connectivity index (χ1n) is 12.2. The Bertz CT molecular complexity index is 1270. The predicted octanol–water partition coefficient (Wildman–Crippen LogP) is 4.34. The molecule has 1 fully saturated rings. The molecule has 9 heteroatoms. The number of benzene rings is 1. The van der Waals surface area contributed by atoms with Gasteiger partial charge in [0.1, 0.15) is 36.1 Å². The van der Waals surface area contributed by atoms with Crippen molar-refractivity contribution in [2.45, 2.75) is 32.3 Å². The minimum Gasteiger partial charge on any atom is -0.490 e. The molecule has 2 aromatic heterocycles. The van der Waals surface area contributed by atoms with Crippen molar-refractivity contribution in [1.29, 1.82) is 0 Å². The van der Waals surface area contributed by atoms with E-state index in [0.717, 1.165) is 73.1 Å². The summed E-state index contributed by atoms with van der Waals surface area (Å²) >= 11 is 0. The first-order valence-corrected chi connectivity index (χ1v) is 14.8. The summed E-state index contributed by atoms with van der Waals surface area (Å²) in [6.07, 6.45) is 5.11. The van der Waals surface area contributed by atoms with Crippen molar-refractivity contribution in [3.8, 4) is 5.75 Å². The van der Waals surface area contributed by atoms with E-state index in [1.54, 1.807) is 13.3 Å². The SMILES string of the molecule is Cc1cc(Nc2ncc3c(n2)N(c2cccc(P(C)(C)=O)n2)CC3)ccc1OC1CCN(C)CC1. The number of nitrogens with one attached hydrogen (secondary N) is 1. The number of anilines is 4. The van der Waals surface area contributed by atoms with Crippen LogP contribution >= 0.6 is 7.14 Å². The van der Waals surface area contributed by atoms with Gasteiger partial charge >= 0.3 is 0 Å². The fraction of sp³-hybridized carbons (Fsp3) is 0.423. The third kappa shape index (κ3) is 5.34. The van der Waals surface area contributed by atoms with Crippen LogP contribution in [0.25, 0.3) is 0 Å². The van der Waals surface area contributed by atoms with Crippen molar-refractivity contribution in [3.05, 3.63) is 53.7 Å². The van der Waals surface area contributed by atoms with Gasteiger partial charge in [-0.15, -0.1) is 0 Å². The van der Waals surface area contributed by atoms with E-state index < -0.39 is 7.14 Å². The van der Waals surface area contributed by atoms with E-state index in [4.69, 9.17) is 9.72 Å². The number of hydrogen-bond acceptors (Lipinski definition) is 8. The third-order valence-corrected chi connectivity index (χ3v) is 7.99. The zero-order chi connectivity index (χ0) is 24.6. The summed E-state index contributed by atoms with van der Waals surface area (Å²) in [5, 5.41) is 3.34. The summed E-state index contributed by atoms with van der Waals surface area (Å²) < 4.78 is 18.8. The van der Waals surface area contributed by atoms with Gasteiger partial charge < -0.3 is 24.4 Å². The highest BCUT2D eigenvalue weighted by Crippen LogP contribution is 2.36. The summed E-state index contributed by atoms with van der Waals surface area (Å²) in [5.41, 5.74) is 3.72. The van der Waals surface area contributed by atoms with Crippen molar-refractivity contribution < 1.29 is 9.30 Å². The normalized spacial score (nSPS) is 16.9. The van der Waals surface area contributed by atoms with Crippen LogP contribution in [0.2, 0.25) is 0 Å². The van der Waals surface area contributed by atoms with Gasteiger partial charge in [0.15, 0.2) is 0 Å². The maximum absolute atomic E-state index is 12.5. The van der Waals surface area contributed by atoms with Crippen LogP contribution in [0.3, 0.4) is 0 Å². The van der Waals surface area contributed by atoms with E-state index >= 15 is 0 Å². The number of pyridine rings is 1. The maximum Gasteiger partial charge on any atom is 0.229 e. The molecule has 4 heterocycles. The zero-order valence-electron chi connectivity index (χ0n) is 20.9. The molecule has 0 unspecified atom stereocenters. The van der Waals surface area contributed by atoms with Crippen LogP contribution in [0.15, 0.2) is 42.6 Å². The lowest BCUT2D eigenvalue weighted by Crippen LogP contribution is -2.35. The van der Waals surface area contributed by atoms with Gasteiger partial charge in [0.2, 0.25) is 5.95 Å². The molecule has 1 aromatic carbocycles. The molecule has 2 aliphatic heterocycles. The summed E-state index contributed by atoms with van der Waals surface area (Å²) in [6.45, 7) is 8.47. The van der Waals surface area contributed by atoms with Crippen molar-refractivity contribution in [3.63, 3.8) is 0 Å². The van der Waals surface area contributed by atoms with Crippen molar-refractivity contribution in [1.82, 2.24) is 19.9 Å². The lowest BCUT2D eigenvalue weighted by molar-refractivity contribution is 0.113. The zero-order valence-corrected chi connectivity index (χ0v) is 21.8. The van der Waals surface area contributed by atoms with Crippen LogP contribution in [-0.2, 0) is 11.0 Å². The van der Waals surface area contributed by atoms with Gasteiger partial charge in [-0.25, -0.2) is 9.97 Å². The largest absolute Gasteiger partial charge is 0.490 e. The minimum atomic E-state index is -2.44. The summed E-state index contributed by atoms with van der Waals surface area (Å²) in [7, 11) is -0.287. The fourth-order valence-corrected chi connectivity index (χ4v) is 5.35. The average molecular weight is 493 g/mol. The van der Waals surface area contributed by atoms with E-state index in [1.807, 2.05) is 36.5 Å². The topological polar surface area (TPSA) is 83.5 Å². The Kier molecular flexibility index (Phi) is 6.51. The molecule has 0 spiro atoms. The second-order valence-corrected chi connectivity index (χ2v) is 13.0. The molecule has 0 saturated carbocycles. The Labute approximate surface area is 207 Å². The Morgan fingerprint density at radius 2 is 1.89 bits per heavy atom. The van der Waals surface area contributed by atoms with Crippen LogP contribution in [0.5, 0.6) is 5.75 Å². The quantitative estimate of drug-likeness (QED) is 0.509. The van der Waals surface area contributed by atoms with Crippen LogP contribution < -0.4 is 20.4 Å². The molecule has 35 heavy (non-hydrogen) atoms. The Morgan fingerprint density at radius 1 is 1.09 bits per heavy atom. The number of likely N-dealkylation sites (tertiary alicyclic amines) is 1. The van der Waals surface area contributed by atoms with Gasteiger partial charge in [-0.3, -0.25) is 0 Å². The van der Waals surface area contributed by atoms with Crippen molar-refractivity contribution >= 4 is 35.8 Å². The van der Waals surface area contributed by atoms with Gasteiger partial charge in [0.25, 0.3) is 0 Å². The fourth-order valence-electron chi connectivity index (χ4n) is 4.56. The molecule has 2 aliphatic rings. The molecule has 0 atom stereocenters. The lowest BCUT2D eigenvalue weighted by Gasteiger charge is -2.29. The van der Waals surface area contributed by atoms with E-state index in [0.29, 0.717) is 11.4 Å². The number of ether oxygens (including phenoxy) is 1. The Hall–Kier alpha value is -2.96. The third-order valence-electron chi connectivity index (χ3n) is 6.64. The standard InChI is InChI=1S/C26H33N6O2P/c1-18-16-20(8-9-22(18)34-21-11-13-31(2)14-12-21)28-26-27-17-19-10-15-32(25(19)30-26)23-6-5-7-24(29-23)35(3,4)33/h5-9,16-17,21H,10-15H2,1-4H3,(H,27,28,30). The molecule has 0 bridgehead atoms. The molecule has 3 aromatic rings. The summed E-state index contributed by atoms with van der Waals surface area (Å²) in [4.78, 5) is 18.4. The van der Waals surface area contributed by atoms with Gasteiger partial charge in [-0.1, -0.05) is 6.07 Å². The molecule has 0 aliphatic carbocycles. The molecule has 0 amide bonds. The molecule has 8 nitrogen and oxygen atoms in total. The van der Waals surface area contributed by atoms with Crippen LogP contribution in [0, 0.1) is 6.92 Å². The number of hydrogen-bond donors (Lipinski definition) is 1. The first-order chi connectivity index (χ1) is 16.8. The maximum atomic E-state index is 12.5. The highest BCUT2D eigenvalue weighted by Gasteiger charge is 2.25. The van der Waals surface area contributed by atoms with Gasteiger partial charge in [0, 0.05) is 37.1 Å². The smallest absolute Gasteiger partial charge is 0.229 e. The number of rotatable bonds is 6. The van der Waals surface area contributed by atoms with Gasteiger partial charge in [-0.05, 0) is 82.5 Å². The van der Waals surface area contributed by atoms with Crippen LogP contribution in [0.1, 0.15) is 24.0 Å². The van der Waals surface area contributed by atoms with Crippen molar-refractivity contribution in [2.24, 2.45) is 0 Å². The Morgan fingerprint density at radius 3 is 2.63 bits per heavy atom. The van der Waals surface area contributed by atoms with E-state index in [-0.39, 0.29) is 6.10 Å². The summed E-state index contributed by atoms with van der Waals surface area (Å²) in [5.74, 6) is 3.07. The number of aromatic nitrogens is 3. The Balaban J connectivity index is 1.32. The van der Waals surface area contributed by atoms with Crippen LogP contribution in [-0.4, -0.2) is 66.0 Å². The molecule has 5 rings (SSSR count). The van der Waals surface area contributed by atoms with Crippen LogP contribution in [0.4, 0.5) is 23.3 Å². The first kappa shape index (κ1) is 23.8. The monoisotopic (exact) mass is 492 g/mol. The minimum absolute atomic E-state index is 0.274. The second-order valence-electron chi connectivity index (χ2n) is 9.87. The average Bonchev–Trinajstić information content (AvgIpc) is 3.25.